The molecule has 1 aliphatic heterocycles. The molecule has 7 heteroatoms. The second-order valence-electron chi connectivity index (χ2n) is 7.44. The monoisotopic (exact) mass is 351 g/mol. The summed E-state index contributed by atoms with van der Waals surface area (Å²) < 4.78 is 5.13. The van der Waals surface area contributed by atoms with Gasteiger partial charge in [-0.05, 0) is 51.3 Å². The maximum Gasteiger partial charge on any atom is 0.408 e. The number of carbonyl (C=O) groups excluding carboxylic acids is 3. The van der Waals surface area contributed by atoms with Gasteiger partial charge < -0.3 is 20.3 Å². The molecule has 0 aromatic heterocycles. The van der Waals surface area contributed by atoms with Gasteiger partial charge in [0.05, 0.1) is 0 Å². The molecule has 140 valence electrons. The standard InChI is InChI=1S/C18H29N3O4/c1-11(2)13-8-9-21(7)16(23)14(10-13)20-15(22)12(3)19-17(24)25-18(4,5)6/h8-12,14H,1-7H3,(H,19,24)(H,20,22)/t12-,14?/m0/s1. The molecule has 2 atom stereocenters. The maximum absolute atomic E-state index is 12.4. The van der Waals surface area contributed by atoms with Crippen LogP contribution in [0, 0.1) is 5.92 Å². The van der Waals surface area contributed by atoms with Gasteiger partial charge in [-0.1, -0.05) is 13.8 Å². The van der Waals surface area contributed by atoms with E-state index in [4.69, 9.17) is 4.74 Å². The lowest BCUT2D eigenvalue weighted by atomic mass is 10.0. The van der Waals surface area contributed by atoms with Crippen molar-refractivity contribution in [2.75, 3.05) is 7.05 Å². The summed E-state index contributed by atoms with van der Waals surface area (Å²) in [6, 6.07) is -1.62. The molecule has 1 aliphatic rings. The number of nitrogens with one attached hydrogen (secondary N) is 2. The quantitative estimate of drug-likeness (QED) is 0.810. The summed E-state index contributed by atoms with van der Waals surface area (Å²) in [4.78, 5) is 37.9. The van der Waals surface area contributed by atoms with Crippen molar-refractivity contribution in [2.24, 2.45) is 5.92 Å². The van der Waals surface area contributed by atoms with Crippen LogP contribution in [0.2, 0.25) is 0 Å². The van der Waals surface area contributed by atoms with E-state index >= 15 is 0 Å². The lowest BCUT2D eigenvalue weighted by Gasteiger charge is -2.23. The van der Waals surface area contributed by atoms with Crippen molar-refractivity contribution in [2.45, 2.75) is 59.2 Å². The van der Waals surface area contributed by atoms with Crippen LogP contribution in [-0.2, 0) is 14.3 Å². The molecule has 0 aliphatic carbocycles. The van der Waals surface area contributed by atoms with Crippen molar-refractivity contribution in [1.29, 1.82) is 0 Å². The van der Waals surface area contributed by atoms with Gasteiger partial charge in [0.1, 0.15) is 17.7 Å². The number of amides is 3. The fourth-order valence-corrected chi connectivity index (χ4v) is 2.13. The minimum Gasteiger partial charge on any atom is -0.444 e. The highest BCUT2D eigenvalue weighted by molar-refractivity contribution is 5.93. The van der Waals surface area contributed by atoms with Crippen LogP contribution in [0.1, 0.15) is 41.5 Å². The van der Waals surface area contributed by atoms with Crippen LogP contribution in [-0.4, -0.2) is 47.5 Å². The van der Waals surface area contributed by atoms with Gasteiger partial charge in [0.2, 0.25) is 5.91 Å². The summed E-state index contributed by atoms with van der Waals surface area (Å²) in [5.41, 5.74) is 0.302. The van der Waals surface area contributed by atoms with E-state index in [9.17, 15) is 14.4 Å². The first-order valence-electron chi connectivity index (χ1n) is 8.37. The van der Waals surface area contributed by atoms with Crippen molar-refractivity contribution in [3.8, 4) is 0 Å². The normalized spacial score (nSPS) is 19.2. The smallest absolute Gasteiger partial charge is 0.408 e. The lowest BCUT2D eigenvalue weighted by Crippen LogP contribution is -2.52. The molecule has 0 saturated carbocycles. The molecule has 0 aromatic carbocycles. The minimum absolute atomic E-state index is 0.215. The molecule has 3 amide bonds. The van der Waals surface area contributed by atoms with Crippen LogP contribution in [0.15, 0.2) is 23.9 Å². The van der Waals surface area contributed by atoms with Gasteiger partial charge in [-0.25, -0.2) is 4.79 Å². The number of hydrogen-bond donors (Lipinski definition) is 2. The number of carbonyl (C=O) groups is 3. The van der Waals surface area contributed by atoms with Crippen LogP contribution in [0.4, 0.5) is 4.79 Å². The molecule has 1 unspecified atom stereocenters. The van der Waals surface area contributed by atoms with Crippen molar-refractivity contribution < 1.29 is 19.1 Å². The molecule has 25 heavy (non-hydrogen) atoms. The summed E-state index contributed by atoms with van der Waals surface area (Å²) in [5, 5.41) is 5.14. The Morgan fingerprint density at radius 1 is 1.24 bits per heavy atom. The van der Waals surface area contributed by atoms with E-state index in [-0.39, 0.29) is 11.8 Å². The molecule has 0 saturated heterocycles. The molecule has 1 rings (SSSR count). The zero-order valence-electron chi connectivity index (χ0n) is 16.0. The Labute approximate surface area is 149 Å². The van der Waals surface area contributed by atoms with Crippen LogP contribution in [0.3, 0.4) is 0 Å². The highest BCUT2D eigenvalue weighted by atomic mass is 16.6. The Morgan fingerprint density at radius 2 is 1.84 bits per heavy atom. The molecule has 0 fully saturated rings. The number of likely N-dealkylation sites (N-methyl/N-ethyl adjacent to an activating group) is 1. The molecule has 0 aromatic rings. The number of rotatable bonds is 4. The van der Waals surface area contributed by atoms with E-state index in [1.807, 2.05) is 19.9 Å². The summed E-state index contributed by atoms with van der Waals surface area (Å²) in [7, 11) is 1.64. The van der Waals surface area contributed by atoms with Gasteiger partial charge >= 0.3 is 6.09 Å². The summed E-state index contributed by atoms with van der Waals surface area (Å²) in [5.74, 6) is -0.490. The van der Waals surface area contributed by atoms with E-state index < -0.39 is 29.7 Å². The van der Waals surface area contributed by atoms with Crippen LogP contribution < -0.4 is 10.6 Å². The first-order valence-corrected chi connectivity index (χ1v) is 8.37. The fraction of sp³-hybridized carbons (Fsp3) is 0.611. The Hall–Kier alpha value is -2.31. The van der Waals surface area contributed by atoms with Crippen LogP contribution in [0.25, 0.3) is 0 Å². The van der Waals surface area contributed by atoms with Crippen LogP contribution in [0.5, 0.6) is 0 Å². The summed E-state index contributed by atoms with van der Waals surface area (Å²) in [6.45, 7) is 10.8. The summed E-state index contributed by atoms with van der Waals surface area (Å²) >= 11 is 0. The van der Waals surface area contributed by atoms with E-state index in [0.29, 0.717) is 0 Å². The first kappa shape index (κ1) is 20.7. The number of hydrogen-bond acceptors (Lipinski definition) is 4. The average molecular weight is 351 g/mol. The number of allylic oxidation sites excluding steroid dienone is 2. The molecule has 0 radical (unpaired) electrons. The molecular formula is C18H29N3O4. The molecule has 2 N–H and O–H groups in total. The van der Waals surface area contributed by atoms with Crippen molar-refractivity contribution >= 4 is 17.9 Å². The van der Waals surface area contributed by atoms with Crippen LogP contribution >= 0.6 is 0 Å². The Balaban J connectivity index is 2.78. The average Bonchev–Trinajstić information content (AvgIpc) is 2.58. The molecule has 0 spiro atoms. The fourth-order valence-electron chi connectivity index (χ4n) is 2.13. The third-order valence-corrected chi connectivity index (χ3v) is 3.55. The largest absolute Gasteiger partial charge is 0.444 e. The third-order valence-electron chi connectivity index (χ3n) is 3.55. The Morgan fingerprint density at radius 3 is 2.36 bits per heavy atom. The molecular weight excluding hydrogens is 322 g/mol. The highest BCUT2D eigenvalue weighted by Gasteiger charge is 2.27. The predicted molar refractivity (Wildman–Crippen MR) is 95.6 cm³/mol. The Bertz CT molecular complexity index is 588. The second-order valence-corrected chi connectivity index (χ2v) is 7.44. The predicted octanol–water partition coefficient (Wildman–Crippen LogP) is 1.95. The molecule has 1 heterocycles. The number of alkyl carbamates (subject to hydrolysis) is 1. The lowest BCUT2D eigenvalue weighted by molar-refractivity contribution is -0.132. The topological polar surface area (TPSA) is 87.7 Å². The summed E-state index contributed by atoms with van der Waals surface area (Å²) in [6.07, 6.45) is 4.60. The van der Waals surface area contributed by atoms with Gasteiger partial charge in [-0.15, -0.1) is 0 Å². The van der Waals surface area contributed by atoms with Gasteiger partial charge in [0.25, 0.3) is 5.91 Å². The zero-order chi connectivity index (χ0) is 19.4. The van der Waals surface area contributed by atoms with E-state index in [0.717, 1.165) is 5.57 Å². The zero-order valence-corrected chi connectivity index (χ0v) is 16.0. The SMILES string of the molecule is CC(C)C1=CC(NC(=O)[C@H](C)NC(=O)OC(C)(C)C)C(=O)N(C)C=C1. The molecule has 0 bridgehead atoms. The van der Waals surface area contributed by atoms with Gasteiger partial charge in [-0.2, -0.15) is 0 Å². The Kier molecular flexibility index (Phi) is 6.78. The van der Waals surface area contributed by atoms with E-state index in [1.165, 1.54) is 11.8 Å². The van der Waals surface area contributed by atoms with Gasteiger partial charge in [0, 0.05) is 13.2 Å². The van der Waals surface area contributed by atoms with Crippen molar-refractivity contribution in [3.05, 3.63) is 23.9 Å². The van der Waals surface area contributed by atoms with Crippen molar-refractivity contribution in [1.82, 2.24) is 15.5 Å². The van der Waals surface area contributed by atoms with Gasteiger partial charge in [0.15, 0.2) is 0 Å². The third kappa shape index (κ3) is 6.60. The second kappa shape index (κ2) is 8.18. The van der Waals surface area contributed by atoms with E-state index in [2.05, 4.69) is 10.6 Å². The first-order chi connectivity index (χ1) is 11.4. The van der Waals surface area contributed by atoms with E-state index in [1.54, 1.807) is 40.1 Å². The molecule has 7 nitrogen and oxygen atoms in total. The number of ether oxygens (including phenoxy) is 1. The maximum atomic E-state index is 12.4. The van der Waals surface area contributed by atoms with Gasteiger partial charge in [-0.3, -0.25) is 9.59 Å². The highest BCUT2D eigenvalue weighted by Crippen LogP contribution is 2.16. The number of nitrogens with zero attached hydrogens (tertiary/aromatic N) is 1. The van der Waals surface area contributed by atoms with Crippen molar-refractivity contribution in [3.63, 3.8) is 0 Å². The minimum atomic E-state index is -0.833.